The van der Waals surface area contributed by atoms with E-state index in [2.05, 4.69) is 20.3 Å². The van der Waals surface area contributed by atoms with Crippen LogP contribution in [0.25, 0.3) is 11.0 Å². The summed E-state index contributed by atoms with van der Waals surface area (Å²) in [6.07, 6.45) is 4.22. The Kier molecular flexibility index (Phi) is 4.98. The van der Waals surface area contributed by atoms with Gasteiger partial charge < -0.3 is 10.1 Å². The van der Waals surface area contributed by atoms with E-state index >= 15 is 0 Å². The number of nitrogens with zero attached hydrogens (tertiary/aromatic N) is 3. The monoisotopic (exact) mass is 395 g/mol. The average Bonchev–Trinajstić information content (AvgIpc) is 3.12. The van der Waals surface area contributed by atoms with E-state index < -0.39 is 11.2 Å². The van der Waals surface area contributed by atoms with Crippen LogP contribution in [0, 0.1) is 12.8 Å². The number of ether oxygens (including phenoxy) is 1. The van der Waals surface area contributed by atoms with Crippen LogP contribution in [0.1, 0.15) is 21.6 Å². The lowest BCUT2D eigenvalue weighted by Crippen LogP contribution is -2.41. The third-order valence-corrected chi connectivity index (χ3v) is 5.21. The molecule has 0 aromatic carbocycles. The van der Waals surface area contributed by atoms with Gasteiger partial charge in [-0.15, -0.1) is 0 Å². The van der Waals surface area contributed by atoms with Gasteiger partial charge in [0.25, 0.3) is 11.5 Å². The van der Waals surface area contributed by atoms with Gasteiger partial charge in [-0.3, -0.25) is 24.1 Å². The maximum absolute atomic E-state index is 13.1. The summed E-state index contributed by atoms with van der Waals surface area (Å²) in [5.74, 6) is -0.280. The number of aromatic nitrogens is 4. The van der Waals surface area contributed by atoms with E-state index in [1.54, 1.807) is 25.4 Å². The van der Waals surface area contributed by atoms with Crippen LogP contribution < -0.4 is 16.6 Å². The summed E-state index contributed by atoms with van der Waals surface area (Å²) < 4.78 is 6.82. The quantitative estimate of drug-likeness (QED) is 0.656. The highest BCUT2D eigenvalue weighted by atomic mass is 16.5. The highest BCUT2D eigenvalue weighted by Crippen LogP contribution is 2.20. The summed E-state index contributed by atoms with van der Waals surface area (Å²) in [5.41, 5.74) is 0.829. The zero-order chi connectivity index (χ0) is 20.5. The van der Waals surface area contributed by atoms with E-state index in [1.807, 2.05) is 12.1 Å². The second-order valence-electron chi connectivity index (χ2n) is 7.27. The smallest absolute Gasteiger partial charge is 0.329 e. The molecule has 1 aliphatic rings. The minimum Gasteiger partial charge on any atom is -0.379 e. The topological polar surface area (TPSA) is 119 Å². The number of aryl methyl sites for hydroxylation is 2. The average molecular weight is 395 g/mol. The van der Waals surface area contributed by atoms with Crippen molar-refractivity contribution in [3.05, 3.63) is 68.3 Å². The van der Waals surface area contributed by atoms with E-state index in [-0.39, 0.29) is 34.5 Å². The number of aromatic amines is 1. The molecule has 9 nitrogen and oxygen atoms in total. The molecule has 0 radical (unpaired) electrons. The molecule has 1 aliphatic heterocycles. The van der Waals surface area contributed by atoms with Crippen molar-refractivity contribution in [2.45, 2.75) is 19.4 Å². The molecule has 0 spiro atoms. The Morgan fingerprint density at radius 3 is 2.83 bits per heavy atom. The normalized spacial score (nSPS) is 18.8. The first kappa shape index (κ1) is 19.0. The molecule has 0 aliphatic carbocycles. The SMILES string of the molecule is Cc1cc(C(=O)N[C@H]2COC[C@H]2Cc2ccncc2)c2c(=O)[nH]c(=O)n(C)c2n1. The molecule has 1 fully saturated rings. The van der Waals surface area contributed by atoms with Crippen molar-refractivity contribution < 1.29 is 9.53 Å². The standard InChI is InChI=1S/C20H21N5O4/c1-11-7-14(16-17(22-11)25(2)20(28)24-19(16)27)18(26)23-15-10-29-9-13(15)8-12-3-5-21-6-4-12/h3-7,13,15H,8-10H2,1-2H3,(H,23,26)(H,24,27,28)/t13-,15+/m1/s1. The third-order valence-electron chi connectivity index (χ3n) is 5.21. The Morgan fingerprint density at radius 2 is 2.07 bits per heavy atom. The fourth-order valence-electron chi connectivity index (χ4n) is 3.67. The summed E-state index contributed by atoms with van der Waals surface area (Å²) in [6, 6.07) is 5.25. The summed E-state index contributed by atoms with van der Waals surface area (Å²) in [5, 5.41) is 3.10. The fourth-order valence-corrected chi connectivity index (χ4v) is 3.67. The van der Waals surface area contributed by atoms with Gasteiger partial charge >= 0.3 is 5.69 Å². The minimum absolute atomic E-state index is 0.0970. The van der Waals surface area contributed by atoms with Crippen molar-refractivity contribution in [2.24, 2.45) is 13.0 Å². The minimum atomic E-state index is -0.628. The van der Waals surface area contributed by atoms with E-state index in [1.165, 1.54) is 11.6 Å². The molecule has 0 unspecified atom stereocenters. The van der Waals surface area contributed by atoms with Crippen LogP contribution in [0.2, 0.25) is 0 Å². The Labute approximate surface area is 165 Å². The lowest BCUT2D eigenvalue weighted by atomic mass is 9.95. The van der Waals surface area contributed by atoms with Crippen molar-refractivity contribution in [2.75, 3.05) is 13.2 Å². The summed E-state index contributed by atoms with van der Waals surface area (Å²) >= 11 is 0. The van der Waals surface area contributed by atoms with Gasteiger partial charge in [0.2, 0.25) is 0 Å². The second-order valence-corrected chi connectivity index (χ2v) is 7.27. The molecule has 29 heavy (non-hydrogen) atoms. The van der Waals surface area contributed by atoms with Gasteiger partial charge in [-0.1, -0.05) is 0 Å². The first-order chi connectivity index (χ1) is 13.9. The van der Waals surface area contributed by atoms with Crippen molar-refractivity contribution in [1.29, 1.82) is 0 Å². The van der Waals surface area contributed by atoms with Crippen LogP contribution in [0.15, 0.2) is 40.2 Å². The molecule has 3 aromatic rings. The van der Waals surface area contributed by atoms with Crippen LogP contribution >= 0.6 is 0 Å². The lowest BCUT2D eigenvalue weighted by molar-refractivity contribution is 0.0926. The maximum Gasteiger partial charge on any atom is 0.329 e. The number of rotatable bonds is 4. The molecular weight excluding hydrogens is 374 g/mol. The van der Waals surface area contributed by atoms with E-state index in [0.29, 0.717) is 18.9 Å². The number of H-pyrrole nitrogens is 1. The van der Waals surface area contributed by atoms with E-state index in [0.717, 1.165) is 12.0 Å². The predicted octanol–water partition coefficient (Wildman–Crippen LogP) is 0.313. The van der Waals surface area contributed by atoms with Gasteiger partial charge in [-0.2, -0.15) is 0 Å². The summed E-state index contributed by atoms with van der Waals surface area (Å²) in [6.45, 7) is 2.66. The molecule has 1 saturated heterocycles. The van der Waals surface area contributed by atoms with Gasteiger partial charge in [0, 0.05) is 31.1 Å². The Hall–Kier alpha value is -3.33. The summed E-state index contributed by atoms with van der Waals surface area (Å²) in [7, 11) is 1.50. The molecule has 0 saturated carbocycles. The molecule has 4 heterocycles. The van der Waals surface area contributed by atoms with Gasteiger partial charge in [0.15, 0.2) is 0 Å². The predicted molar refractivity (Wildman–Crippen MR) is 106 cm³/mol. The highest BCUT2D eigenvalue weighted by molar-refractivity contribution is 6.05. The van der Waals surface area contributed by atoms with Crippen LogP contribution in [0.3, 0.4) is 0 Å². The molecule has 1 amide bonds. The van der Waals surface area contributed by atoms with Gasteiger partial charge in [0.1, 0.15) is 5.65 Å². The van der Waals surface area contributed by atoms with Gasteiger partial charge in [0.05, 0.1) is 30.2 Å². The van der Waals surface area contributed by atoms with Gasteiger partial charge in [-0.25, -0.2) is 9.78 Å². The molecule has 0 bridgehead atoms. The van der Waals surface area contributed by atoms with E-state index in [4.69, 9.17) is 4.74 Å². The van der Waals surface area contributed by atoms with Crippen LogP contribution in [-0.4, -0.2) is 44.7 Å². The van der Waals surface area contributed by atoms with Crippen molar-refractivity contribution >= 4 is 16.9 Å². The van der Waals surface area contributed by atoms with E-state index in [9.17, 15) is 14.4 Å². The Bertz CT molecular complexity index is 1190. The van der Waals surface area contributed by atoms with Crippen LogP contribution in [0.5, 0.6) is 0 Å². The second kappa shape index (κ2) is 7.59. The molecule has 2 atom stereocenters. The number of amides is 1. The summed E-state index contributed by atoms with van der Waals surface area (Å²) in [4.78, 5) is 47.9. The highest BCUT2D eigenvalue weighted by Gasteiger charge is 2.30. The number of hydrogen-bond acceptors (Lipinski definition) is 6. The number of hydrogen-bond donors (Lipinski definition) is 2. The van der Waals surface area contributed by atoms with Crippen molar-refractivity contribution in [3.63, 3.8) is 0 Å². The number of nitrogens with one attached hydrogen (secondary N) is 2. The molecular formula is C20H21N5O4. The molecule has 2 N–H and O–H groups in total. The first-order valence-electron chi connectivity index (χ1n) is 9.32. The zero-order valence-corrected chi connectivity index (χ0v) is 16.1. The van der Waals surface area contributed by atoms with Crippen molar-refractivity contribution in [3.8, 4) is 0 Å². The van der Waals surface area contributed by atoms with Crippen LogP contribution in [0.4, 0.5) is 0 Å². The van der Waals surface area contributed by atoms with Gasteiger partial charge in [-0.05, 0) is 37.1 Å². The molecule has 3 aromatic heterocycles. The molecule has 4 rings (SSSR count). The number of carbonyl (C=O) groups is 1. The number of fused-ring (bicyclic) bond motifs is 1. The number of carbonyl (C=O) groups excluding carboxylic acids is 1. The van der Waals surface area contributed by atoms with Crippen molar-refractivity contribution in [1.82, 2.24) is 24.8 Å². The largest absolute Gasteiger partial charge is 0.379 e. The first-order valence-corrected chi connectivity index (χ1v) is 9.32. The third kappa shape index (κ3) is 3.68. The zero-order valence-electron chi connectivity index (χ0n) is 16.1. The lowest BCUT2D eigenvalue weighted by Gasteiger charge is -2.20. The van der Waals surface area contributed by atoms with Crippen LogP contribution in [-0.2, 0) is 18.2 Å². The Morgan fingerprint density at radius 1 is 1.31 bits per heavy atom. The fraction of sp³-hybridized carbons (Fsp3) is 0.350. The maximum atomic E-state index is 13.1. The molecule has 9 heteroatoms. The molecule has 150 valence electrons. The number of pyridine rings is 2. The Balaban J connectivity index is 1.65.